The lowest BCUT2D eigenvalue weighted by molar-refractivity contribution is -0.349. The third kappa shape index (κ3) is 6.71. The van der Waals surface area contributed by atoms with Gasteiger partial charge in [0.05, 0.1) is 25.4 Å². The zero-order valence-electron chi connectivity index (χ0n) is 22.5. The summed E-state index contributed by atoms with van der Waals surface area (Å²) in [5, 5.41) is 87.4. The minimum absolute atomic E-state index is 0.654. The molecule has 0 saturated carbocycles. The van der Waals surface area contributed by atoms with Crippen LogP contribution in [0.5, 0.6) is 0 Å². The number of benzene rings is 2. The van der Waals surface area contributed by atoms with E-state index < -0.39 is 97.6 Å². The highest BCUT2D eigenvalue weighted by Crippen LogP contribution is 2.40. The monoisotopic (exact) mass is 613 g/mol. The molecule has 0 aromatic heterocycles. The summed E-state index contributed by atoms with van der Waals surface area (Å²) in [6.45, 7) is -0.583. The largest absolute Gasteiger partial charge is 0.477 e. The predicted molar refractivity (Wildman–Crippen MR) is 145 cm³/mol. The summed E-state index contributed by atoms with van der Waals surface area (Å²) in [6.07, 6.45) is -14.8. The number of carboxylic acid groups (broad SMARTS) is 1. The molecule has 15 heteroatoms. The van der Waals surface area contributed by atoms with Gasteiger partial charge in [-0.05, 0) is 22.9 Å². The van der Waals surface area contributed by atoms with E-state index in [9.17, 15) is 50.4 Å². The number of carbonyl (C=O) groups is 2. The fourth-order valence-electron chi connectivity index (χ4n) is 5.13. The van der Waals surface area contributed by atoms with Crippen LogP contribution in [-0.2, 0) is 23.8 Å². The fourth-order valence-corrected chi connectivity index (χ4v) is 6.24. The number of ether oxygens (including phenoxy) is 3. The van der Waals surface area contributed by atoms with Crippen LogP contribution in [-0.4, -0.2) is 132 Å². The average molecular weight is 614 g/mol. The Hall–Kier alpha value is -2.41. The molecule has 0 unspecified atom stereocenters. The van der Waals surface area contributed by atoms with Gasteiger partial charge in [0.15, 0.2) is 0 Å². The number of nitrogens with one attached hydrogen (secondary N) is 1. The van der Waals surface area contributed by atoms with E-state index in [1.165, 1.54) is 0 Å². The standard InChI is InChI=1S/C27H35NO13S/c1-12(31)28-19-16(32)9-27(26(37)38,40-23(19)20(34)17(33)10-29)41-24-21(35)18(11-30)39-25(22(24)36)42-15-7-6-13-4-2-3-5-14(13)8-15/h2-8,16-25,29-30,32-36H,9-11H2,1H3,(H,28,31)(H,37,38)/t16-,17+,18+,19+,20+,21-,22+,23+,24-,25-,27-/m0/s1. The van der Waals surface area contributed by atoms with E-state index in [1.54, 1.807) is 6.07 Å². The topological polar surface area (TPSA) is 236 Å². The molecule has 42 heavy (non-hydrogen) atoms. The molecule has 2 aromatic rings. The van der Waals surface area contributed by atoms with Crippen molar-refractivity contribution < 1.29 is 64.7 Å². The number of hydrogen-bond donors (Lipinski definition) is 9. The molecular formula is C27H35NO13S. The minimum atomic E-state index is -2.82. The molecule has 0 bridgehead atoms. The van der Waals surface area contributed by atoms with Crippen LogP contribution in [0.4, 0.5) is 0 Å². The average Bonchev–Trinajstić information content (AvgIpc) is 2.96. The zero-order valence-corrected chi connectivity index (χ0v) is 23.3. The summed E-state index contributed by atoms with van der Waals surface area (Å²) < 4.78 is 17.1. The smallest absolute Gasteiger partial charge is 0.364 e. The summed E-state index contributed by atoms with van der Waals surface area (Å²) in [5.41, 5.74) is -1.17. The molecule has 9 N–H and O–H groups in total. The van der Waals surface area contributed by atoms with E-state index in [-0.39, 0.29) is 0 Å². The SMILES string of the molecule is CC(=O)N[C@H]1[C@H]([C@H](O)[C@H](O)CO)O[C@@](O[C@H]2[C@@H](O)[C@@H](CO)O[C@@H](Sc3ccc4ccccc4c3)[C@@H]2O)(C(=O)O)C[C@@H]1O. The second kappa shape index (κ2) is 13.5. The van der Waals surface area contributed by atoms with Crippen LogP contribution in [0.25, 0.3) is 10.8 Å². The molecule has 11 atom stereocenters. The lowest BCUT2D eigenvalue weighted by Crippen LogP contribution is -2.70. The van der Waals surface area contributed by atoms with E-state index in [1.807, 2.05) is 36.4 Å². The first-order valence-corrected chi connectivity index (χ1v) is 14.1. The van der Waals surface area contributed by atoms with Crippen LogP contribution in [0.15, 0.2) is 47.4 Å². The molecule has 4 rings (SSSR count). The molecule has 14 nitrogen and oxygen atoms in total. The number of thioether (sulfide) groups is 1. The molecule has 2 aliphatic heterocycles. The van der Waals surface area contributed by atoms with E-state index in [0.29, 0.717) is 4.90 Å². The number of amides is 1. The molecule has 1 amide bonds. The van der Waals surface area contributed by atoms with Gasteiger partial charge < -0.3 is 60.4 Å². The number of carboxylic acids is 1. The third-order valence-corrected chi connectivity index (χ3v) is 8.46. The van der Waals surface area contributed by atoms with Crippen molar-refractivity contribution in [3.8, 4) is 0 Å². The van der Waals surface area contributed by atoms with Crippen LogP contribution in [0.3, 0.4) is 0 Å². The Labute approximate surface area is 244 Å². The summed E-state index contributed by atoms with van der Waals surface area (Å²) in [4.78, 5) is 25.0. The maximum absolute atomic E-state index is 12.6. The van der Waals surface area contributed by atoms with E-state index >= 15 is 0 Å². The van der Waals surface area contributed by atoms with Crippen LogP contribution in [0, 0.1) is 0 Å². The summed E-state index contributed by atoms with van der Waals surface area (Å²) in [5.74, 6) is -5.31. The van der Waals surface area contributed by atoms with Crippen molar-refractivity contribution in [1.29, 1.82) is 0 Å². The Morgan fingerprint density at radius 3 is 2.40 bits per heavy atom. The summed E-state index contributed by atoms with van der Waals surface area (Å²) in [6, 6.07) is 11.6. The Bertz CT molecular complexity index is 1250. The van der Waals surface area contributed by atoms with Gasteiger partial charge in [-0.2, -0.15) is 0 Å². The first-order valence-electron chi connectivity index (χ1n) is 13.2. The van der Waals surface area contributed by atoms with E-state index in [4.69, 9.17) is 14.2 Å². The molecule has 2 aromatic carbocycles. The van der Waals surface area contributed by atoms with Crippen LogP contribution >= 0.6 is 11.8 Å². The second-order valence-corrected chi connectivity index (χ2v) is 11.5. The van der Waals surface area contributed by atoms with Crippen molar-refractivity contribution in [2.24, 2.45) is 0 Å². The minimum Gasteiger partial charge on any atom is -0.477 e. The van der Waals surface area contributed by atoms with Gasteiger partial charge >= 0.3 is 5.97 Å². The normalized spacial score (nSPS) is 35.0. The number of hydrogen-bond acceptors (Lipinski definition) is 13. The highest BCUT2D eigenvalue weighted by atomic mass is 32.2. The van der Waals surface area contributed by atoms with Gasteiger partial charge in [0.2, 0.25) is 5.91 Å². The molecule has 0 aliphatic carbocycles. The molecule has 0 spiro atoms. The molecule has 2 aliphatic rings. The van der Waals surface area contributed by atoms with Crippen molar-refractivity contribution in [3.63, 3.8) is 0 Å². The third-order valence-electron chi connectivity index (χ3n) is 7.31. The number of aliphatic carboxylic acids is 1. The Morgan fingerprint density at radius 2 is 1.79 bits per heavy atom. The lowest BCUT2D eigenvalue weighted by atomic mass is 9.88. The predicted octanol–water partition coefficient (Wildman–Crippen LogP) is -2.09. The first-order chi connectivity index (χ1) is 19.9. The van der Waals surface area contributed by atoms with E-state index in [0.717, 1.165) is 29.5 Å². The number of carbonyl (C=O) groups excluding carboxylic acids is 1. The van der Waals surface area contributed by atoms with Gasteiger partial charge in [0, 0.05) is 18.2 Å². The number of aliphatic hydroxyl groups is 7. The number of aliphatic hydroxyl groups excluding tert-OH is 7. The Kier molecular flexibility index (Phi) is 10.4. The second-order valence-electron chi connectivity index (χ2n) is 10.3. The van der Waals surface area contributed by atoms with E-state index in [2.05, 4.69) is 5.32 Å². The van der Waals surface area contributed by atoms with Gasteiger partial charge in [-0.15, -0.1) is 0 Å². The van der Waals surface area contributed by atoms with Gasteiger partial charge in [-0.3, -0.25) is 4.79 Å². The molecule has 2 saturated heterocycles. The number of fused-ring (bicyclic) bond motifs is 1. The Balaban J connectivity index is 1.64. The fraction of sp³-hybridized carbons (Fsp3) is 0.556. The quantitative estimate of drug-likeness (QED) is 0.140. The molecular weight excluding hydrogens is 578 g/mol. The van der Waals surface area contributed by atoms with Gasteiger partial charge in [0.1, 0.15) is 48.2 Å². The molecule has 232 valence electrons. The maximum Gasteiger partial charge on any atom is 0.364 e. The number of rotatable bonds is 10. The maximum atomic E-state index is 12.6. The highest BCUT2D eigenvalue weighted by Gasteiger charge is 2.59. The van der Waals surface area contributed by atoms with Crippen molar-refractivity contribution in [2.75, 3.05) is 13.2 Å². The first kappa shape index (κ1) is 32.5. The molecule has 2 heterocycles. The summed E-state index contributed by atoms with van der Waals surface area (Å²) in [7, 11) is 0. The van der Waals surface area contributed by atoms with Crippen molar-refractivity contribution >= 4 is 34.4 Å². The highest BCUT2D eigenvalue weighted by molar-refractivity contribution is 7.99. The Morgan fingerprint density at radius 1 is 1.10 bits per heavy atom. The van der Waals surface area contributed by atoms with Gasteiger partial charge in [-0.25, -0.2) is 4.79 Å². The van der Waals surface area contributed by atoms with Crippen molar-refractivity contribution in [1.82, 2.24) is 5.32 Å². The van der Waals surface area contributed by atoms with Gasteiger partial charge in [0.25, 0.3) is 5.79 Å². The van der Waals surface area contributed by atoms with Crippen LogP contribution in [0.1, 0.15) is 13.3 Å². The summed E-state index contributed by atoms with van der Waals surface area (Å²) >= 11 is 1.04. The van der Waals surface area contributed by atoms with Gasteiger partial charge in [-0.1, -0.05) is 42.1 Å². The van der Waals surface area contributed by atoms with Crippen LogP contribution in [0.2, 0.25) is 0 Å². The zero-order chi connectivity index (χ0) is 30.8. The van der Waals surface area contributed by atoms with Crippen molar-refractivity contribution in [2.45, 2.75) is 84.3 Å². The van der Waals surface area contributed by atoms with Crippen LogP contribution < -0.4 is 5.32 Å². The van der Waals surface area contributed by atoms with Crippen molar-refractivity contribution in [3.05, 3.63) is 42.5 Å². The molecule has 0 radical (unpaired) electrons. The molecule has 2 fully saturated rings. The lowest BCUT2D eigenvalue weighted by Gasteiger charge is -2.50.